The van der Waals surface area contributed by atoms with E-state index in [9.17, 15) is 5.11 Å². The third-order valence-electron chi connectivity index (χ3n) is 3.20. The SMILES string of the molecule is CNC.COC=O.OCC12CCCN1CCC2. The topological polar surface area (TPSA) is 61.8 Å². The highest BCUT2D eigenvalue weighted by molar-refractivity contribution is 5.36. The Hall–Kier alpha value is -0.650. The summed E-state index contributed by atoms with van der Waals surface area (Å²) in [5.41, 5.74) is 0.236. The van der Waals surface area contributed by atoms with Gasteiger partial charge in [0.05, 0.1) is 13.7 Å². The maximum Gasteiger partial charge on any atom is 0.292 e. The van der Waals surface area contributed by atoms with E-state index in [0.29, 0.717) is 13.1 Å². The summed E-state index contributed by atoms with van der Waals surface area (Å²) in [7, 11) is 5.06. The molecule has 2 rings (SSSR count). The highest BCUT2D eigenvalue weighted by Crippen LogP contribution is 2.37. The third-order valence-corrected chi connectivity index (χ3v) is 3.20. The number of hydrogen-bond acceptors (Lipinski definition) is 5. The molecule has 17 heavy (non-hydrogen) atoms. The molecule has 0 spiro atoms. The molecule has 0 aromatic carbocycles. The number of rotatable bonds is 2. The van der Waals surface area contributed by atoms with Gasteiger partial charge in [-0.1, -0.05) is 0 Å². The Balaban J connectivity index is 0.000000311. The Morgan fingerprint density at radius 2 is 1.76 bits per heavy atom. The van der Waals surface area contributed by atoms with Gasteiger partial charge in [0.1, 0.15) is 0 Å². The number of hydrogen-bond donors (Lipinski definition) is 2. The Labute approximate surface area is 104 Å². The molecule has 0 unspecified atom stereocenters. The normalized spacial score (nSPS) is 20.5. The molecule has 0 bridgehead atoms. The van der Waals surface area contributed by atoms with Crippen LogP contribution in [-0.2, 0) is 9.53 Å². The van der Waals surface area contributed by atoms with Gasteiger partial charge in [-0.15, -0.1) is 0 Å². The first-order chi connectivity index (χ1) is 8.20. The molecule has 0 aromatic heterocycles. The van der Waals surface area contributed by atoms with Gasteiger partial charge in [0.15, 0.2) is 0 Å². The van der Waals surface area contributed by atoms with Crippen molar-refractivity contribution in [1.29, 1.82) is 0 Å². The van der Waals surface area contributed by atoms with E-state index in [4.69, 9.17) is 4.79 Å². The molecule has 5 heteroatoms. The zero-order chi connectivity index (χ0) is 13.1. The average molecular weight is 246 g/mol. The van der Waals surface area contributed by atoms with Crippen LogP contribution in [0.1, 0.15) is 25.7 Å². The van der Waals surface area contributed by atoms with Crippen molar-refractivity contribution in [1.82, 2.24) is 10.2 Å². The number of aliphatic hydroxyl groups is 1. The van der Waals surface area contributed by atoms with E-state index in [2.05, 4.69) is 15.0 Å². The number of fused-ring (bicyclic) bond motifs is 1. The van der Waals surface area contributed by atoms with E-state index in [0.717, 1.165) is 0 Å². The van der Waals surface area contributed by atoms with E-state index in [1.54, 1.807) is 0 Å². The molecule has 2 aliphatic heterocycles. The highest BCUT2D eigenvalue weighted by Gasteiger charge is 2.43. The van der Waals surface area contributed by atoms with Gasteiger partial charge >= 0.3 is 0 Å². The first kappa shape index (κ1) is 16.4. The molecular formula is C12H26N2O3. The van der Waals surface area contributed by atoms with E-state index in [1.165, 1.54) is 45.9 Å². The summed E-state index contributed by atoms with van der Waals surface area (Å²) in [4.78, 5) is 11.4. The van der Waals surface area contributed by atoms with Crippen molar-refractivity contribution in [3.05, 3.63) is 0 Å². The average Bonchev–Trinajstić information content (AvgIpc) is 2.89. The molecule has 0 atom stereocenters. The summed E-state index contributed by atoms with van der Waals surface area (Å²) in [5.74, 6) is 0. The molecule has 102 valence electrons. The molecule has 2 saturated heterocycles. The van der Waals surface area contributed by atoms with Crippen molar-refractivity contribution >= 4 is 6.47 Å². The summed E-state index contributed by atoms with van der Waals surface area (Å²) >= 11 is 0. The van der Waals surface area contributed by atoms with Crippen LogP contribution in [0.2, 0.25) is 0 Å². The van der Waals surface area contributed by atoms with Crippen LogP contribution in [-0.4, -0.2) is 62.9 Å². The number of nitrogens with one attached hydrogen (secondary N) is 1. The fourth-order valence-corrected chi connectivity index (χ4v) is 2.48. The fraction of sp³-hybridized carbons (Fsp3) is 0.917. The molecule has 0 aromatic rings. The minimum atomic E-state index is 0.236. The smallest absolute Gasteiger partial charge is 0.292 e. The third kappa shape index (κ3) is 5.02. The second-order valence-corrected chi connectivity index (χ2v) is 4.41. The zero-order valence-electron chi connectivity index (χ0n) is 11.2. The summed E-state index contributed by atoms with van der Waals surface area (Å²) in [6, 6.07) is 0. The van der Waals surface area contributed by atoms with Crippen LogP contribution in [0.4, 0.5) is 0 Å². The molecule has 0 aliphatic carbocycles. The molecule has 2 N–H and O–H groups in total. The van der Waals surface area contributed by atoms with Gasteiger partial charge in [-0.25, -0.2) is 0 Å². The Morgan fingerprint density at radius 3 is 2.00 bits per heavy atom. The zero-order valence-corrected chi connectivity index (χ0v) is 11.2. The quantitative estimate of drug-likeness (QED) is 0.683. The van der Waals surface area contributed by atoms with Crippen molar-refractivity contribution in [3.63, 3.8) is 0 Å². The number of carbonyl (C=O) groups excluding carboxylic acids is 1. The molecule has 2 fully saturated rings. The van der Waals surface area contributed by atoms with Gasteiger partial charge < -0.3 is 15.2 Å². The van der Waals surface area contributed by atoms with Crippen LogP contribution in [0.5, 0.6) is 0 Å². The lowest BCUT2D eigenvalue weighted by atomic mass is 9.96. The molecular weight excluding hydrogens is 220 g/mol. The van der Waals surface area contributed by atoms with Crippen molar-refractivity contribution in [3.8, 4) is 0 Å². The molecule has 0 saturated carbocycles. The lowest BCUT2D eigenvalue weighted by Gasteiger charge is -2.29. The summed E-state index contributed by atoms with van der Waals surface area (Å²) in [5, 5.41) is 11.9. The highest BCUT2D eigenvalue weighted by atomic mass is 16.5. The van der Waals surface area contributed by atoms with Gasteiger partial charge in [-0.3, -0.25) is 9.69 Å². The second-order valence-electron chi connectivity index (χ2n) is 4.41. The second kappa shape index (κ2) is 9.39. The Bertz CT molecular complexity index is 190. The fourth-order valence-electron chi connectivity index (χ4n) is 2.48. The Kier molecular flexibility index (Phi) is 9.03. The molecule has 5 nitrogen and oxygen atoms in total. The monoisotopic (exact) mass is 246 g/mol. The van der Waals surface area contributed by atoms with E-state index in [1.807, 2.05) is 14.1 Å². The predicted molar refractivity (Wildman–Crippen MR) is 67.9 cm³/mol. The van der Waals surface area contributed by atoms with Crippen LogP contribution >= 0.6 is 0 Å². The number of carbonyl (C=O) groups is 1. The van der Waals surface area contributed by atoms with Gasteiger partial charge in [-0.2, -0.15) is 0 Å². The largest absolute Gasteiger partial charge is 0.471 e. The minimum absolute atomic E-state index is 0.236. The van der Waals surface area contributed by atoms with Crippen molar-refractivity contribution in [2.75, 3.05) is 40.9 Å². The maximum absolute atomic E-state index is 9.19. The van der Waals surface area contributed by atoms with Crippen molar-refractivity contribution < 1.29 is 14.6 Å². The Morgan fingerprint density at radius 1 is 1.35 bits per heavy atom. The molecule has 0 amide bonds. The number of ether oxygens (including phenoxy) is 1. The van der Waals surface area contributed by atoms with Gasteiger partial charge in [0.25, 0.3) is 6.47 Å². The predicted octanol–water partition coefficient (Wildman–Crippen LogP) is 0.232. The molecule has 2 aliphatic rings. The first-order valence-electron chi connectivity index (χ1n) is 6.11. The van der Waals surface area contributed by atoms with E-state index in [-0.39, 0.29) is 5.54 Å². The van der Waals surface area contributed by atoms with Crippen molar-refractivity contribution in [2.45, 2.75) is 31.2 Å². The number of methoxy groups -OCH3 is 1. The van der Waals surface area contributed by atoms with E-state index >= 15 is 0 Å². The molecule has 2 heterocycles. The van der Waals surface area contributed by atoms with Crippen LogP contribution in [0.15, 0.2) is 0 Å². The van der Waals surface area contributed by atoms with Gasteiger partial charge in [0.2, 0.25) is 0 Å². The van der Waals surface area contributed by atoms with Crippen molar-refractivity contribution in [2.24, 2.45) is 0 Å². The summed E-state index contributed by atoms with van der Waals surface area (Å²) < 4.78 is 3.86. The molecule has 0 radical (unpaired) electrons. The van der Waals surface area contributed by atoms with E-state index < -0.39 is 0 Å². The number of aliphatic hydroxyl groups excluding tert-OH is 1. The lowest BCUT2D eigenvalue weighted by molar-refractivity contribution is -0.126. The summed E-state index contributed by atoms with van der Waals surface area (Å²) in [6.07, 6.45) is 5.04. The lowest BCUT2D eigenvalue weighted by Crippen LogP contribution is -2.41. The van der Waals surface area contributed by atoms with Crippen LogP contribution in [0.3, 0.4) is 0 Å². The van der Waals surface area contributed by atoms with Crippen LogP contribution in [0.25, 0.3) is 0 Å². The summed E-state index contributed by atoms with van der Waals surface area (Å²) in [6.45, 7) is 3.20. The first-order valence-corrected chi connectivity index (χ1v) is 6.11. The number of nitrogens with zero attached hydrogens (tertiary/aromatic N) is 1. The minimum Gasteiger partial charge on any atom is -0.471 e. The maximum atomic E-state index is 9.19. The van der Waals surface area contributed by atoms with Crippen LogP contribution < -0.4 is 5.32 Å². The van der Waals surface area contributed by atoms with Crippen LogP contribution in [0, 0.1) is 0 Å². The van der Waals surface area contributed by atoms with Gasteiger partial charge in [-0.05, 0) is 52.9 Å². The van der Waals surface area contributed by atoms with Gasteiger partial charge in [0, 0.05) is 5.54 Å². The standard InChI is InChI=1S/C8H15NO.C2H7N.C2H4O2/c10-7-8-3-1-5-9(8)6-2-4-8;1-3-2;1-4-2-3/h10H,1-7H2;3H,1-2H3;2H,1H3.